The molecular weight excluding hydrogens is 1520 g/mol. The third-order valence-corrected chi connectivity index (χ3v) is 21.8. The summed E-state index contributed by atoms with van der Waals surface area (Å²) in [6.45, 7) is 4.44. The van der Waals surface area contributed by atoms with Crippen LogP contribution in [0.15, 0.2) is 335 Å². The monoisotopic (exact) mass is 1630 g/mol. The maximum Gasteiger partial charge on any atom is 0.206 e. The summed E-state index contributed by atoms with van der Waals surface area (Å²) >= 11 is 1.71. The molecule has 0 bridgehead atoms. The summed E-state index contributed by atoms with van der Waals surface area (Å²) in [7, 11) is 19.7. The van der Waals surface area contributed by atoms with Crippen molar-refractivity contribution < 1.29 is 74.7 Å². The Kier molecular flexibility index (Phi) is 36.3. The fraction of sp³-hybridized carbons (Fsp3) is 0.200. The Bertz CT molecular complexity index is 4940. The van der Waals surface area contributed by atoms with Gasteiger partial charge in [-0.2, -0.15) is 0 Å². The van der Waals surface area contributed by atoms with Crippen LogP contribution in [0.25, 0.3) is 21.5 Å². The Morgan fingerprint density at radius 2 is 0.475 bits per heavy atom. The Morgan fingerprint density at radius 3 is 0.729 bits per heavy atom. The van der Waals surface area contributed by atoms with Crippen molar-refractivity contribution in [3.63, 3.8) is 0 Å². The molecule has 14 rings (SSSR count). The van der Waals surface area contributed by atoms with Gasteiger partial charge in [-0.1, -0.05) is 135 Å². The Hall–Kier alpha value is -12.9. The van der Waals surface area contributed by atoms with Crippen LogP contribution in [0.3, 0.4) is 0 Å². The number of ether oxygens (including phenoxy) is 14. The summed E-state index contributed by atoms with van der Waals surface area (Å²) in [5.41, 5.74) is 7.68. The lowest BCUT2D eigenvalue weighted by molar-refractivity contribution is 0.413. The molecule has 14 aromatic carbocycles. The Morgan fingerprint density at radius 1 is 0.246 bits per heavy atom. The van der Waals surface area contributed by atoms with E-state index in [0.717, 1.165) is 110 Å². The van der Waals surface area contributed by atoms with Crippen molar-refractivity contribution in [3.8, 4) is 80.5 Å². The molecule has 0 aliphatic carbocycles. The minimum atomic E-state index is -3.50. The molecule has 0 fully saturated rings. The molecule has 0 radical (unpaired) electrons. The SMILES string of the molecule is COc1ccc(C(C)(C)c2ccc(OC)cc2)cc1.COc1ccc(CCc2ccc(OC)cc2)cc1.COc1ccc(Cc2ccc(OC)cc2)cc1.COc1ccc(S(=O)(=O)c2ccc(OC)cc2)cc1.COc1ccc(Sc2ccc(OC)cc2)cc1.COc1ccc2cc(OC)ccc2c1.COc1cccc2c(OC)cccc12. The molecule has 0 unspecified atom stereocenters. The molecular formula is C100H106O16S2. The second kappa shape index (κ2) is 47.2. The van der Waals surface area contributed by atoms with E-state index in [1.165, 1.54) is 81.7 Å². The zero-order valence-corrected chi connectivity index (χ0v) is 71.6. The highest BCUT2D eigenvalue weighted by Crippen LogP contribution is 2.36. The van der Waals surface area contributed by atoms with Crippen LogP contribution in [0, 0.1) is 0 Å². The average Bonchev–Trinajstić information content (AvgIpc) is 0.795. The molecule has 614 valence electrons. The van der Waals surface area contributed by atoms with Crippen molar-refractivity contribution in [1.29, 1.82) is 0 Å². The summed E-state index contributed by atoms with van der Waals surface area (Å²) in [5.74, 6) is 11.9. The van der Waals surface area contributed by atoms with Crippen LogP contribution >= 0.6 is 11.8 Å². The third-order valence-electron chi connectivity index (χ3n) is 19.0. The summed E-state index contributed by atoms with van der Waals surface area (Å²) in [5, 5.41) is 4.47. The summed E-state index contributed by atoms with van der Waals surface area (Å²) < 4.78 is 96.8. The second-order valence-electron chi connectivity index (χ2n) is 26.6. The van der Waals surface area contributed by atoms with Gasteiger partial charge in [-0.15, -0.1) is 0 Å². The number of methoxy groups -OCH3 is 14. The zero-order chi connectivity index (χ0) is 84.7. The van der Waals surface area contributed by atoms with Crippen LogP contribution in [0.4, 0.5) is 0 Å². The lowest BCUT2D eigenvalue weighted by atomic mass is 9.78. The van der Waals surface area contributed by atoms with E-state index in [-0.39, 0.29) is 15.2 Å². The molecule has 16 nitrogen and oxygen atoms in total. The van der Waals surface area contributed by atoms with Gasteiger partial charge in [-0.25, -0.2) is 8.42 Å². The number of fused-ring (bicyclic) bond motifs is 2. The normalized spacial score (nSPS) is 10.4. The van der Waals surface area contributed by atoms with Crippen LogP contribution in [0.2, 0.25) is 0 Å². The molecule has 0 spiro atoms. The van der Waals surface area contributed by atoms with E-state index in [4.69, 9.17) is 66.3 Å². The molecule has 0 atom stereocenters. The van der Waals surface area contributed by atoms with Gasteiger partial charge in [-0.05, 0) is 270 Å². The molecule has 0 amide bonds. The highest BCUT2D eigenvalue weighted by atomic mass is 32.2. The maximum atomic E-state index is 12.4. The van der Waals surface area contributed by atoms with Gasteiger partial charge in [0.15, 0.2) is 0 Å². The number of sulfone groups is 1. The van der Waals surface area contributed by atoms with E-state index in [9.17, 15) is 8.42 Å². The number of aryl methyl sites for hydroxylation is 2. The predicted octanol–water partition coefficient (Wildman–Crippen LogP) is 22.9. The highest BCUT2D eigenvalue weighted by molar-refractivity contribution is 7.99. The lowest BCUT2D eigenvalue weighted by Crippen LogP contribution is -2.18. The highest BCUT2D eigenvalue weighted by Gasteiger charge is 2.23. The van der Waals surface area contributed by atoms with Crippen LogP contribution in [0.1, 0.15) is 47.2 Å². The van der Waals surface area contributed by atoms with Crippen molar-refractivity contribution in [3.05, 3.63) is 349 Å². The van der Waals surface area contributed by atoms with E-state index in [1.807, 2.05) is 194 Å². The molecule has 0 aromatic heterocycles. The average molecular weight is 1630 g/mol. The topological polar surface area (TPSA) is 163 Å². The van der Waals surface area contributed by atoms with Crippen molar-refractivity contribution >= 4 is 43.1 Å². The van der Waals surface area contributed by atoms with Gasteiger partial charge in [-0.3, -0.25) is 0 Å². The summed E-state index contributed by atoms with van der Waals surface area (Å²) in [6.07, 6.45) is 3.00. The van der Waals surface area contributed by atoms with Crippen LogP contribution in [-0.2, 0) is 34.5 Å². The largest absolute Gasteiger partial charge is 0.497 e. The fourth-order valence-electron chi connectivity index (χ4n) is 11.9. The number of hydrogen-bond acceptors (Lipinski definition) is 17. The van der Waals surface area contributed by atoms with E-state index in [1.54, 1.807) is 121 Å². The first-order valence-corrected chi connectivity index (χ1v) is 40.1. The first kappa shape index (κ1) is 90.6. The second-order valence-corrected chi connectivity index (χ2v) is 29.6. The van der Waals surface area contributed by atoms with Gasteiger partial charge in [0, 0.05) is 26.0 Å². The quantitative estimate of drug-likeness (QED) is 0.0530. The number of benzene rings is 14. The summed E-state index contributed by atoms with van der Waals surface area (Å²) in [4.78, 5) is 2.85. The minimum absolute atomic E-state index is 0.0431. The third kappa shape index (κ3) is 27.4. The molecule has 18 heteroatoms. The number of hydrogen-bond donors (Lipinski definition) is 0. The number of rotatable bonds is 25. The van der Waals surface area contributed by atoms with Crippen LogP contribution in [-0.4, -0.2) is 108 Å². The smallest absolute Gasteiger partial charge is 0.206 e. The van der Waals surface area contributed by atoms with Gasteiger partial charge in [0.2, 0.25) is 9.84 Å². The van der Waals surface area contributed by atoms with Gasteiger partial charge < -0.3 is 66.3 Å². The Labute approximate surface area is 700 Å². The van der Waals surface area contributed by atoms with Crippen molar-refractivity contribution in [1.82, 2.24) is 0 Å². The predicted molar refractivity (Wildman–Crippen MR) is 476 cm³/mol. The molecule has 0 N–H and O–H groups in total. The molecule has 14 aromatic rings. The van der Waals surface area contributed by atoms with E-state index >= 15 is 0 Å². The van der Waals surface area contributed by atoms with E-state index < -0.39 is 9.84 Å². The zero-order valence-electron chi connectivity index (χ0n) is 70.0. The Balaban J connectivity index is 0.000000172. The standard InChI is InChI=1S/C17H20O2.C16H18O2.C15H16O2.C14H14O4S.C14H14O2S.2C12H12O2/c1-17(2,13-5-9-15(18-3)10-6-13)14-7-11-16(19-4)12-8-14;1-17-15-9-5-13(6-10-15)3-4-14-7-11-16(18-2)12-8-14;1-16-14-7-3-12(4-8-14)11-13-5-9-15(17-2)10-6-13;1-17-11-3-7-13(8-4-11)19(15,16)14-9-5-12(18-2)6-10-14;1-15-11-3-7-13(8-4-11)17-14-9-5-12(16-2)6-10-14;1-13-11-7-3-6-10-9(11)5-4-8-12(10)14-2;1-13-11-5-3-10-8-12(14-2)6-4-9(10)7-11/h5-12H,1-4H3;5-12H,3-4H2,1-2H3;3-10H,11H2,1-2H3;3-10H,1-2H3;3-10H,1-2H3;2*3-8H,1-2H3. The maximum absolute atomic E-state index is 12.4. The molecule has 0 aliphatic heterocycles. The van der Waals surface area contributed by atoms with E-state index in [0.29, 0.717) is 11.5 Å². The molecule has 0 aliphatic rings. The van der Waals surface area contributed by atoms with Crippen molar-refractivity contribution in [2.45, 2.75) is 58.1 Å². The van der Waals surface area contributed by atoms with E-state index in [2.05, 4.69) is 86.6 Å². The van der Waals surface area contributed by atoms with Crippen LogP contribution < -0.4 is 66.3 Å². The van der Waals surface area contributed by atoms with Crippen molar-refractivity contribution in [2.75, 3.05) is 99.5 Å². The van der Waals surface area contributed by atoms with Crippen molar-refractivity contribution in [2.24, 2.45) is 0 Å². The van der Waals surface area contributed by atoms with Gasteiger partial charge in [0.1, 0.15) is 80.5 Å². The molecule has 0 saturated heterocycles. The minimum Gasteiger partial charge on any atom is -0.497 e. The first-order chi connectivity index (χ1) is 57.3. The van der Waals surface area contributed by atoms with Crippen LogP contribution in [0.5, 0.6) is 80.5 Å². The van der Waals surface area contributed by atoms with Gasteiger partial charge in [0.25, 0.3) is 0 Å². The molecule has 118 heavy (non-hydrogen) atoms. The molecule has 0 saturated carbocycles. The molecule has 0 heterocycles. The van der Waals surface area contributed by atoms with Gasteiger partial charge >= 0.3 is 0 Å². The fourth-order valence-corrected chi connectivity index (χ4v) is 14.0. The first-order valence-electron chi connectivity index (χ1n) is 37.8. The lowest BCUT2D eigenvalue weighted by Gasteiger charge is -2.26. The van der Waals surface area contributed by atoms with Gasteiger partial charge in [0.05, 0.1) is 109 Å². The summed E-state index contributed by atoms with van der Waals surface area (Å²) in [6, 6.07) is 102.